The highest BCUT2D eigenvalue weighted by Crippen LogP contribution is 2.26. The van der Waals surface area contributed by atoms with Crippen molar-refractivity contribution in [3.8, 4) is 0 Å². The number of hydrogen-bond donors (Lipinski definition) is 1. The van der Waals surface area contributed by atoms with E-state index in [1.54, 1.807) is 37.3 Å². The van der Waals surface area contributed by atoms with Gasteiger partial charge in [-0.1, -0.05) is 54.7 Å². The topological polar surface area (TPSA) is 86.8 Å². The summed E-state index contributed by atoms with van der Waals surface area (Å²) in [5.74, 6) is -0.829. The minimum absolute atomic E-state index is 0.0580. The Hall–Kier alpha value is -2.29. The van der Waals surface area contributed by atoms with E-state index in [0.717, 1.165) is 34.5 Å². The zero-order chi connectivity index (χ0) is 26.3. The van der Waals surface area contributed by atoms with Crippen molar-refractivity contribution < 1.29 is 18.0 Å². The molecule has 2 rings (SSSR count). The van der Waals surface area contributed by atoms with E-state index < -0.39 is 28.5 Å². The highest BCUT2D eigenvalue weighted by molar-refractivity contribution is 7.92. The lowest BCUT2D eigenvalue weighted by Gasteiger charge is -2.32. The van der Waals surface area contributed by atoms with Crippen LogP contribution in [0.25, 0.3) is 0 Å². The fraction of sp³-hybridized carbons (Fsp3) is 0.440. The quantitative estimate of drug-likeness (QED) is 0.417. The Morgan fingerprint density at radius 2 is 1.77 bits per heavy atom. The molecular formula is C25H33Cl2N3O4S. The molecule has 0 saturated heterocycles. The maximum absolute atomic E-state index is 13.6. The minimum atomic E-state index is -3.79. The fourth-order valence-corrected chi connectivity index (χ4v) is 4.77. The van der Waals surface area contributed by atoms with Gasteiger partial charge in [0.25, 0.3) is 0 Å². The van der Waals surface area contributed by atoms with Crippen molar-refractivity contribution in [3.63, 3.8) is 0 Å². The third-order valence-corrected chi connectivity index (χ3v) is 7.72. The first-order valence-electron chi connectivity index (χ1n) is 11.4. The summed E-state index contributed by atoms with van der Waals surface area (Å²) in [6, 6.07) is 9.42. The number of rotatable bonds is 11. The van der Waals surface area contributed by atoms with Crippen LogP contribution in [-0.4, -0.2) is 50.5 Å². The average Bonchev–Trinajstić information content (AvgIpc) is 2.79. The van der Waals surface area contributed by atoms with Crippen LogP contribution in [0.3, 0.4) is 0 Å². The largest absolute Gasteiger partial charge is 0.354 e. The fourth-order valence-electron chi connectivity index (χ4n) is 3.55. The molecule has 0 saturated carbocycles. The van der Waals surface area contributed by atoms with E-state index in [2.05, 4.69) is 5.32 Å². The van der Waals surface area contributed by atoms with Gasteiger partial charge in [-0.2, -0.15) is 0 Å². The van der Waals surface area contributed by atoms with Gasteiger partial charge in [-0.25, -0.2) is 8.42 Å². The summed E-state index contributed by atoms with van der Waals surface area (Å²) in [6.07, 6.45) is 2.79. The van der Waals surface area contributed by atoms with E-state index in [9.17, 15) is 18.0 Å². The van der Waals surface area contributed by atoms with Crippen LogP contribution in [0.1, 0.15) is 43.4 Å². The van der Waals surface area contributed by atoms with E-state index in [1.807, 2.05) is 26.8 Å². The molecular weight excluding hydrogens is 509 g/mol. The van der Waals surface area contributed by atoms with Crippen LogP contribution < -0.4 is 9.62 Å². The van der Waals surface area contributed by atoms with Gasteiger partial charge in [-0.15, -0.1) is 0 Å². The molecule has 35 heavy (non-hydrogen) atoms. The second-order valence-corrected chi connectivity index (χ2v) is 11.3. The molecule has 0 unspecified atom stereocenters. The number of nitrogens with zero attached hydrogens (tertiary/aromatic N) is 2. The predicted octanol–water partition coefficient (Wildman–Crippen LogP) is 4.71. The van der Waals surface area contributed by atoms with Crippen molar-refractivity contribution in [1.82, 2.24) is 10.2 Å². The molecule has 0 aliphatic heterocycles. The van der Waals surface area contributed by atoms with Gasteiger partial charge < -0.3 is 10.2 Å². The van der Waals surface area contributed by atoms with Crippen LogP contribution in [0, 0.1) is 13.8 Å². The molecule has 2 aromatic rings. The van der Waals surface area contributed by atoms with Gasteiger partial charge >= 0.3 is 0 Å². The number of carbonyl (C=O) groups is 2. The smallest absolute Gasteiger partial charge is 0.244 e. The summed E-state index contributed by atoms with van der Waals surface area (Å²) in [5, 5.41) is 3.54. The summed E-state index contributed by atoms with van der Waals surface area (Å²) in [5.41, 5.74) is 2.75. The molecule has 0 radical (unpaired) electrons. The van der Waals surface area contributed by atoms with Gasteiger partial charge in [0, 0.05) is 13.1 Å². The van der Waals surface area contributed by atoms with Crippen LogP contribution >= 0.6 is 23.2 Å². The Morgan fingerprint density at radius 3 is 2.37 bits per heavy atom. The molecule has 2 aromatic carbocycles. The molecule has 0 aromatic heterocycles. The van der Waals surface area contributed by atoms with Gasteiger partial charge in [0.15, 0.2) is 0 Å². The lowest BCUT2D eigenvalue weighted by atomic mass is 10.1. The first-order valence-corrected chi connectivity index (χ1v) is 14.0. The molecule has 1 atom stereocenters. The van der Waals surface area contributed by atoms with Crippen molar-refractivity contribution in [3.05, 3.63) is 63.1 Å². The molecule has 0 aliphatic rings. The first-order chi connectivity index (χ1) is 16.4. The zero-order valence-corrected chi connectivity index (χ0v) is 23.1. The number of amides is 2. The molecule has 0 heterocycles. The van der Waals surface area contributed by atoms with E-state index in [-0.39, 0.29) is 12.5 Å². The zero-order valence-electron chi connectivity index (χ0n) is 20.8. The van der Waals surface area contributed by atoms with Crippen LogP contribution in [0.15, 0.2) is 36.4 Å². The van der Waals surface area contributed by atoms with Crippen LogP contribution in [0.4, 0.5) is 5.69 Å². The maximum atomic E-state index is 13.6. The van der Waals surface area contributed by atoms with Crippen molar-refractivity contribution >= 4 is 50.7 Å². The number of sulfonamides is 1. The Bertz CT molecular complexity index is 1170. The molecule has 7 nitrogen and oxygen atoms in total. The third kappa shape index (κ3) is 7.85. The molecule has 0 bridgehead atoms. The Kier molecular flexibility index (Phi) is 10.4. The lowest BCUT2D eigenvalue weighted by Crippen LogP contribution is -2.51. The van der Waals surface area contributed by atoms with E-state index >= 15 is 0 Å². The molecule has 2 amide bonds. The van der Waals surface area contributed by atoms with Crippen molar-refractivity contribution in [2.45, 2.75) is 53.1 Å². The van der Waals surface area contributed by atoms with Crippen LogP contribution in [0.5, 0.6) is 0 Å². The Morgan fingerprint density at radius 1 is 1.09 bits per heavy atom. The molecule has 0 spiro atoms. The number of anilines is 1. The standard InChI is InChI=1S/C25H33Cl2N3O4S/c1-6-7-13-28-25(32)19(4)29(15-20-11-12-21(26)22(27)14-20)24(31)16-30(35(5,33)34)23-10-8-9-17(2)18(23)3/h8-12,14,19H,6-7,13,15-16H2,1-5H3,(H,28,32)/t19-/m1/s1. The molecule has 0 aliphatic carbocycles. The normalized spacial score (nSPS) is 12.2. The number of nitrogens with one attached hydrogen (secondary N) is 1. The summed E-state index contributed by atoms with van der Waals surface area (Å²) < 4.78 is 26.5. The Balaban J connectivity index is 2.42. The lowest BCUT2D eigenvalue weighted by molar-refractivity contribution is -0.139. The average molecular weight is 543 g/mol. The maximum Gasteiger partial charge on any atom is 0.244 e. The predicted molar refractivity (Wildman–Crippen MR) is 142 cm³/mol. The van der Waals surface area contributed by atoms with Gasteiger partial charge in [0.05, 0.1) is 22.0 Å². The van der Waals surface area contributed by atoms with E-state index in [4.69, 9.17) is 23.2 Å². The van der Waals surface area contributed by atoms with Gasteiger partial charge in [0.1, 0.15) is 12.6 Å². The molecule has 1 N–H and O–H groups in total. The summed E-state index contributed by atoms with van der Waals surface area (Å²) in [4.78, 5) is 27.8. The number of halogens is 2. The molecule has 0 fully saturated rings. The van der Waals surface area contributed by atoms with Crippen molar-refractivity contribution in [2.24, 2.45) is 0 Å². The van der Waals surface area contributed by atoms with Crippen molar-refractivity contribution in [1.29, 1.82) is 0 Å². The SMILES string of the molecule is CCCCNC(=O)[C@@H](C)N(Cc1ccc(Cl)c(Cl)c1)C(=O)CN(c1cccc(C)c1C)S(C)(=O)=O. The molecule has 10 heteroatoms. The summed E-state index contributed by atoms with van der Waals surface area (Å²) >= 11 is 12.2. The summed E-state index contributed by atoms with van der Waals surface area (Å²) in [7, 11) is -3.79. The van der Waals surface area contributed by atoms with Gasteiger partial charge in [0.2, 0.25) is 21.8 Å². The van der Waals surface area contributed by atoms with Gasteiger partial charge in [-0.3, -0.25) is 13.9 Å². The van der Waals surface area contributed by atoms with E-state index in [1.165, 1.54) is 4.90 Å². The number of benzene rings is 2. The highest BCUT2D eigenvalue weighted by Gasteiger charge is 2.30. The van der Waals surface area contributed by atoms with Gasteiger partial charge in [-0.05, 0) is 62.1 Å². The Labute approximate surface area is 218 Å². The van der Waals surface area contributed by atoms with E-state index in [0.29, 0.717) is 27.8 Å². The number of unbranched alkanes of at least 4 members (excludes halogenated alkanes) is 1. The highest BCUT2D eigenvalue weighted by atomic mass is 35.5. The summed E-state index contributed by atoms with van der Waals surface area (Å²) in [6.45, 7) is 7.43. The monoisotopic (exact) mass is 541 g/mol. The minimum Gasteiger partial charge on any atom is -0.354 e. The van der Waals surface area contributed by atoms with Crippen LogP contribution in [0.2, 0.25) is 10.0 Å². The molecule has 192 valence electrons. The number of hydrogen-bond acceptors (Lipinski definition) is 4. The first kappa shape index (κ1) is 28.9. The second-order valence-electron chi connectivity index (χ2n) is 8.58. The second kappa shape index (κ2) is 12.6. The van der Waals surface area contributed by atoms with Crippen molar-refractivity contribution in [2.75, 3.05) is 23.7 Å². The number of aryl methyl sites for hydroxylation is 1. The third-order valence-electron chi connectivity index (χ3n) is 5.86. The van der Waals surface area contributed by atoms with Crippen LogP contribution in [-0.2, 0) is 26.2 Å². The number of carbonyl (C=O) groups excluding carboxylic acids is 2.